The van der Waals surface area contributed by atoms with Gasteiger partial charge in [0.25, 0.3) is 0 Å². The SMILES string of the molecule is C=CCOc1ccc(C2C(O)CNCC2O[Si](C(C)C)(C(C)C)C(C)C)cc1. The molecular weight excluding hydrogens is 366 g/mol. The molecule has 0 aromatic heterocycles. The normalized spacial score (nSPS) is 23.4. The molecule has 3 unspecified atom stereocenters. The van der Waals surface area contributed by atoms with E-state index in [1.54, 1.807) is 6.08 Å². The molecule has 1 saturated heterocycles. The number of hydrogen-bond donors (Lipinski definition) is 2. The Bertz CT molecular complexity index is 593. The minimum absolute atomic E-state index is 0.0254. The molecule has 28 heavy (non-hydrogen) atoms. The summed E-state index contributed by atoms with van der Waals surface area (Å²) in [7, 11) is -2.03. The summed E-state index contributed by atoms with van der Waals surface area (Å²) in [4.78, 5) is 0. The van der Waals surface area contributed by atoms with E-state index in [4.69, 9.17) is 9.16 Å². The van der Waals surface area contributed by atoms with Crippen LogP contribution < -0.4 is 10.1 Å². The molecule has 0 bridgehead atoms. The van der Waals surface area contributed by atoms with Gasteiger partial charge in [0, 0.05) is 19.0 Å². The first-order valence-electron chi connectivity index (χ1n) is 10.6. The third-order valence-corrected chi connectivity index (χ3v) is 12.3. The maximum Gasteiger partial charge on any atom is 0.200 e. The summed E-state index contributed by atoms with van der Waals surface area (Å²) < 4.78 is 12.7. The van der Waals surface area contributed by atoms with Crippen molar-refractivity contribution < 1.29 is 14.3 Å². The van der Waals surface area contributed by atoms with E-state index in [9.17, 15) is 5.11 Å². The topological polar surface area (TPSA) is 50.7 Å². The number of β-amino-alcohol motifs (C(OH)–C–C–N with tert-alkyl or cyclic N) is 1. The van der Waals surface area contributed by atoms with Crippen LogP contribution in [0.5, 0.6) is 5.75 Å². The first kappa shape index (κ1) is 23.1. The lowest BCUT2D eigenvalue weighted by molar-refractivity contribution is 0.0303. The Morgan fingerprint density at radius 1 is 1.07 bits per heavy atom. The van der Waals surface area contributed by atoms with Crippen molar-refractivity contribution in [3.8, 4) is 5.75 Å². The van der Waals surface area contributed by atoms with Gasteiger partial charge in [-0.1, -0.05) is 66.3 Å². The van der Waals surface area contributed by atoms with Crippen LogP contribution in [-0.4, -0.2) is 45.3 Å². The van der Waals surface area contributed by atoms with Crippen LogP contribution in [0.2, 0.25) is 16.6 Å². The Hall–Kier alpha value is -1.14. The predicted octanol–water partition coefficient (Wildman–Crippen LogP) is 4.86. The summed E-state index contributed by atoms with van der Waals surface area (Å²) in [5.74, 6) is 0.789. The Kier molecular flexibility index (Phi) is 8.31. The lowest BCUT2D eigenvalue weighted by Crippen LogP contribution is -2.57. The zero-order valence-corrected chi connectivity index (χ0v) is 19.4. The second-order valence-corrected chi connectivity index (χ2v) is 14.3. The quantitative estimate of drug-likeness (QED) is 0.455. The molecular formula is C23H39NO3Si. The van der Waals surface area contributed by atoms with E-state index >= 15 is 0 Å². The number of aliphatic hydroxyl groups is 1. The van der Waals surface area contributed by atoms with Gasteiger partial charge in [0.05, 0.1) is 12.2 Å². The van der Waals surface area contributed by atoms with Gasteiger partial charge in [-0.25, -0.2) is 0 Å². The molecule has 1 aliphatic heterocycles. The highest BCUT2D eigenvalue weighted by atomic mass is 28.4. The van der Waals surface area contributed by atoms with E-state index in [1.165, 1.54) is 0 Å². The van der Waals surface area contributed by atoms with Gasteiger partial charge in [0.15, 0.2) is 0 Å². The molecule has 158 valence electrons. The molecule has 0 saturated carbocycles. The molecule has 1 fully saturated rings. The maximum atomic E-state index is 10.8. The lowest BCUT2D eigenvalue weighted by Gasteiger charge is -2.48. The van der Waals surface area contributed by atoms with Crippen molar-refractivity contribution in [3.63, 3.8) is 0 Å². The van der Waals surface area contributed by atoms with Crippen molar-refractivity contribution in [1.29, 1.82) is 0 Å². The molecule has 5 heteroatoms. The van der Waals surface area contributed by atoms with Gasteiger partial charge in [-0.15, -0.1) is 0 Å². The molecule has 4 nitrogen and oxygen atoms in total. The molecule has 1 heterocycles. The summed E-state index contributed by atoms with van der Waals surface area (Å²) in [6.45, 7) is 19.4. The molecule has 1 aromatic rings. The van der Waals surface area contributed by atoms with Crippen LogP contribution >= 0.6 is 0 Å². The third-order valence-electron chi connectivity index (χ3n) is 6.21. The van der Waals surface area contributed by atoms with E-state index in [1.807, 2.05) is 12.1 Å². The summed E-state index contributed by atoms with van der Waals surface area (Å²) in [5.41, 5.74) is 2.66. The van der Waals surface area contributed by atoms with Crippen LogP contribution in [0.3, 0.4) is 0 Å². The van der Waals surface area contributed by atoms with Crippen LogP contribution in [0.1, 0.15) is 53.0 Å². The Labute approximate surface area is 172 Å². The highest BCUT2D eigenvalue weighted by molar-refractivity contribution is 6.77. The van der Waals surface area contributed by atoms with Gasteiger partial charge in [-0.2, -0.15) is 0 Å². The molecule has 0 spiro atoms. The van der Waals surface area contributed by atoms with Crippen molar-refractivity contribution in [2.45, 2.75) is 76.3 Å². The second kappa shape index (κ2) is 10.1. The van der Waals surface area contributed by atoms with E-state index in [0.717, 1.165) is 17.9 Å². The fraction of sp³-hybridized carbons (Fsp3) is 0.652. The van der Waals surface area contributed by atoms with Crippen molar-refractivity contribution in [2.24, 2.45) is 0 Å². The van der Waals surface area contributed by atoms with Crippen molar-refractivity contribution in [2.75, 3.05) is 19.7 Å². The van der Waals surface area contributed by atoms with Gasteiger partial charge in [0.2, 0.25) is 8.32 Å². The zero-order chi connectivity index (χ0) is 20.9. The largest absolute Gasteiger partial charge is 0.490 e. The van der Waals surface area contributed by atoms with Crippen molar-refractivity contribution in [3.05, 3.63) is 42.5 Å². The summed E-state index contributed by atoms with van der Waals surface area (Å²) in [6.07, 6.45) is 1.25. The highest BCUT2D eigenvalue weighted by Crippen LogP contribution is 2.45. The van der Waals surface area contributed by atoms with Gasteiger partial charge < -0.3 is 19.6 Å². The average molecular weight is 406 g/mol. The maximum absolute atomic E-state index is 10.8. The molecule has 2 N–H and O–H groups in total. The minimum atomic E-state index is -2.03. The predicted molar refractivity (Wildman–Crippen MR) is 120 cm³/mol. The first-order chi connectivity index (χ1) is 13.2. The molecule has 0 aliphatic carbocycles. The van der Waals surface area contributed by atoms with E-state index in [-0.39, 0.29) is 12.0 Å². The number of ether oxygens (including phenoxy) is 1. The number of rotatable bonds is 9. The van der Waals surface area contributed by atoms with Gasteiger partial charge in [-0.05, 0) is 34.3 Å². The number of aliphatic hydroxyl groups excluding tert-OH is 1. The summed E-state index contributed by atoms with van der Waals surface area (Å²) in [5, 5.41) is 14.2. The monoisotopic (exact) mass is 405 g/mol. The standard InChI is InChI=1S/C23H39NO3Si/c1-8-13-26-20-11-9-19(10-12-20)23-21(25)14-24-15-22(23)27-28(16(2)3,17(4)5)18(6)7/h8-12,16-18,21-25H,1,13-15H2,2-7H3. The molecule has 1 aliphatic rings. The highest BCUT2D eigenvalue weighted by Gasteiger charge is 2.49. The van der Waals surface area contributed by atoms with Crippen LogP contribution in [-0.2, 0) is 4.43 Å². The lowest BCUT2D eigenvalue weighted by atomic mass is 9.85. The van der Waals surface area contributed by atoms with Gasteiger partial charge in [0.1, 0.15) is 12.4 Å². The number of hydrogen-bond acceptors (Lipinski definition) is 4. The Morgan fingerprint density at radius 3 is 2.14 bits per heavy atom. The van der Waals surface area contributed by atoms with E-state index in [2.05, 4.69) is 65.6 Å². The number of piperidine rings is 1. The second-order valence-electron chi connectivity index (χ2n) is 8.89. The Morgan fingerprint density at radius 2 is 1.64 bits per heavy atom. The van der Waals surface area contributed by atoms with Crippen LogP contribution in [0, 0.1) is 0 Å². The molecule has 0 amide bonds. The Balaban J connectivity index is 2.32. The molecule has 0 radical (unpaired) electrons. The molecule has 2 rings (SSSR count). The van der Waals surface area contributed by atoms with Crippen LogP contribution in [0.15, 0.2) is 36.9 Å². The van der Waals surface area contributed by atoms with Gasteiger partial charge >= 0.3 is 0 Å². The van der Waals surface area contributed by atoms with Crippen LogP contribution in [0.4, 0.5) is 0 Å². The third kappa shape index (κ3) is 4.88. The van der Waals surface area contributed by atoms with E-state index < -0.39 is 14.4 Å². The van der Waals surface area contributed by atoms with Crippen LogP contribution in [0.25, 0.3) is 0 Å². The van der Waals surface area contributed by atoms with Crippen molar-refractivity contribution in [1.82, 2.24) is 5.32 Å². The fourth-order valence-electron chi connectivity index (χ4n) is 5.04. The first-order valence-corrected chi connectivity index (χ1v) is 12.8. The molecule has 1 aromatic carbocycles. The average Bonchev–Trinajstić information content (AvgIpc) is 2.64. The molecule has 3 atom stereocenters. The summed E-state index contributed by atoms with van der Waals surface area (Å²) >= 11 is 0. The number of nitrogens with one attached hydrogen (secondary N) is 1. The summed E-state index contributed by atoms with van der Waals surface area (Å²) in [6, 6.07) is 8.08. The zero-order valence-electron chi connectivity index (χ0n) is 18.4. The smallest absolute Gasteiger partial charge is 0.200 e. The van der Waals surface area contributed by atoms with Gasteiger partial charge in [-0.3, -0.25) is 0 Å². The van der Waals surface area contributed by atoms with E-state index in [0.29, 0.717) is 29.8 Å². The van der Waals surface area contributed by atoms with Crippen molar-refractivity contribution >= 4 is 8.32 Å². The fourth-order valence-corrected chi connectivity index (χ4v) is 10.6. The number of benzene rings is 1. The minimum Gasteiger partial charge on any atom is -0.490 e.